The van der Waals surface area contributed by atoms with Gasteiger partial charge < -0.3 is 14.4 Å². The highest BCUT2D eigenvalue weighted by Crippen LogP contribution is 2.41. The highest BCUT2D eigenvalue weighted by molar-refractivity contribution is 5.76. The molecule has 1 amide bonds. The number of carbonyl (C=O) groups excluding carboxylic acids is 1. The molecule has 0 bridgehead atoms. The second-order valence-electron chi connectivity index (χ2n) is 10.4. The fourth-order valence-electron chi connectivity index (χ4n) is 4.83. The van der Waals surface area contributed by atoms with Crippen LogP contribution in [-0.4, -0.2) is 24.6 Å². The van der Waals surface area contributed by atoms with Crippen molar-refractivity contribution in [1.29, 1.82) is 0 Å². The molecule has 4 rings (SSSR count). The number of alkyl halides is 9. The lowest BCUT2D eigenvalue weighted by Gasteiger charge is -2.33. The van der Waals surface area contributed by atoms with Gasteiger partial charge in [-0.1, -0.05) is 26.0 Å². The van der Waals surface area contributed by atoms with Crippen LogP contribution in [-0.2, 0) is 29.8 Å². The molecular weight excluding hydrogens is 593 g/mol. The van der Waals surface area contributed by atoms with E-state index in [0.717, 1.165) is 22.6 Å². The number of halogens is 9. The fraction of sp³-hybridized carbons (Fsp3) is 0.367. The maximum Gasteiger partial charge on any atom is 0.416 e. The Bertz CT molecular complexity index is 1460. The van der Waals surface area contributed by atoms with Crippen LogP contribution in [0.2, 0.25) is 0 Å². The normalized spacial score (nSPS) is 16.4. The van der Waals surface area contributed by atoms with E-state index in [1.165, 1.54) is 13.2 Å². The van der Waals surface area contributed by atoms with Gasteiger partial charge in [-0.3, -0.25) is 0 Å². The van der Waals surface area contributed by atoms with E-state index in [0.29, 0.717) is 29.0 Å². The van der Waals surface area contributed by atoms with Gasteiger partial charge in [0.25, 0.3) is 0 Å². The highest BCUT2D eigenvalue weighted by Gasteiger charge is 2.39. The Hall–Kier alpha value is -3.90. The van der Waals surface area contributed by atoms with Crippen LogP contribution in [0.4, 0.5) is 44.3 Å². The largest absolute Gasteiger partial charge is 0.496 e. The number of nitrogens with zero attached hydrogens (tertiary/aromatic N) is 1. The number of carbonyl (C=O) groups is 1. The van der Waals surface area contributed by atoms with Crippen LogP contribution < -0.4 is 4.74 Å². The van der Waals surface area contributed by atoms with Gasteiger partial charge in [0.15, 0.2) is 0 Å². The summed E-state index contributed by atoms with van der Waals surface area (Å²) in [5.41, 5.74) is -2.80. The van der Waals surface area contributed by atoms with Gasteiger partial charge in [-0.2, -0.15) is 39.5 Å². The Morgan fingerprint density at radius 2 is 1.42 bits per heavy atom. The topological polar surface area (TPSA) is 38.8 Å². The standard InChI is InChI=1S/C30H26F9NO3/c1-16(2)17-4-7-26(42-3)24(13-17)23-6-5-20(28(31,32)33)12-19(23)15-40-9-8-25(43-27(40)41)18-10-21(29(34,35)36)14-22(11-18)30(37,38)39/h4-7,10-14,16,25H,8-9,15H2,1-3H3/t25-/m0/s1. The quantitative estimate of drug-likeness (QED) is 0.258. The number of cyclic esters (lactones) is 1. The second kappa shape index (κ2) is 11.6. The minimum absolute atomic E-state index is 0.0296. The third-order valence-corrected chi connectivity index (χ3v) is 7.12. The molecule has 1 heterocycles. The molecule has 1 atom stereocenters. The van der Waals surface area contributed by atoms with E-state index in [1.807, 2.05) is 19.9 Å². The predicted octanol–water partition coefficient (Wildman–Crippen LogP) is 9.63. The van der Waals surface area contributed by atoms with Crippen LogP contribution >= 0.6 is 0 Å². The molecule has 1 aliphatic rings. The van der Waals surface area contributed by atoms with E-state index in [4.69, 9.17) is 9.47 Å². The van der Waals surface area contributed by atoms with E-state index in [1.54, 1.807) is 12.1 Å². The van der Waals surface area contributed by atoms with Crippen molar-refractivity contribution >= 4 is 6.09 Å². The van der Waals surface area contributed by atoms with E-state index in [9.17, 15) is 44.3 Å². The minimum atomic E-state index is -5.09. The van der Waals surface area contributed by atoms with Gasteiger partial charge in [0.1, 0.15) is 11.9 Å². The summed E-state index contributed by atoms with van der Waals surface area (Å²) in [6.45, 7) is 3.28. The summed E-state index contributed by atoms with van der Waals surface area (Å²) in [6, 6.07) is 9.26. The van der Waals surface area contributed by atoms with Crippen LogP contribution in [0.25, 0.3) is 11.1 Å². The Kier molecular flexibility index (Phi) is 8.67. The van der Waals surface area contributed by atoms with E-state index in [-0.39, 0.29) is 37.1 Å². The van der Waals surface area contributed by atoms with Gasteiger partial charge in [-0.05, 0) is 70.6 Å². The van der Waals surface area contributed by atoms with Crippen LogP contribution in [0.3, 0.4) is 0 Å². The van der Waals surface area contributed by atoms with E-state index >= 15 is 0 Å². The van der Waals surface area contributed by atoms with Crippen LogP contribution in [0.5, 0.6) is 5.75 Å². The van der Waals surface area contributed by atoms with Gasteiger partial charge in [-0.15, -0.1) is 0 Å². The first-order valence-electron chi connectivity index (χ1n) is 13.0. The molecule has 1 aliphatic heterocycles. The van der Waals surface area contributed by atoms with E-state index in [2.05, 4.69) is 0 Å². The Labute approximate surface area is 241 Å². The Morgan fingerprint density at radius 1 is 0.814 bits per heavy atom. The second-order valence-corrected chi connectivity index (χ2v) is 10.4. The first-order chi connectivity index (χ1) is 19.9. The lowest BCUT2D eigenvalue weighted by Crippen LogP contribution is -2.38. The first-order valence-corrected chi connectivity index (χ1v) is 13.0. The van der Waals surface area contributed by atoms with E-state index < -0.39 is 53.0 Å². The van der Waals surface area contributed by atoms with Gasteiger partial charge >= 0.3 is 24.6 Å². The van der Waals surface area contributed by atoms with Gasteiger partial charge in [0.05, 0.1) is 23.8 Å². The van der Waals surface area contributed by atoms with Crippen molar-refractivity contribution in [1.82, 2.24) is 4.90 Å². The molecule has 0 spiro atoms. The minimum Gasteiger partial charge on any atom is -0.496 e. The monoisotopic (exact) mass is 619 g/mol. The summed E-state index contributed by atoms with van der Waals surface area (Å²) in [5, 5.41) is 0. The molecule has 1 fully saturated rings. The number of ether oxygens (including phenoxy) is 2. The molecule has 0 radical (unpaired) electrons. The highest BCUT2D eigenvalue weighted by atomic mass is 19.4. The van der Waals surface area contributed by atoms with Crippen molar-refractivity contribution in [2.75, 3.05) is 13.7 Å². The molecule has 0 unspecified atom stereocenters. The molecule has 3 aromatic rings. The molecular formula is C30H26F9NO3. The molecule has 4 nitrogen and oxygen atoms in total. The summed E-state index contributed by atoms with van der Waals surface area (Å²) in [6.07, 6.45) is -17.6. The summed E-state index contributed by atoms with van der Waals surface area (Å²) in [7, 11) is 1.40. The lowest BCUT2D eigenvalue weighted by atomic mass is 9.92. The van der Waals surface area contributed by atoms with Crippen LogP contribution in [0, 0.1) is 0 Å². The number of methoxy groups -OCH3 is 1. The number of rotatable bonds is 6. The van der Waals surface area contributed by atoms with Gasteiger partial charge in [-0.25, -0.2) is 4.79 Å². The molecule has 232 valence electrons. The number of hydrogen-bond acceptors (Lipinski definition) is 3. The molecule has 3 aromatic carbocycles. The van der Waals surface area contributed by atoms with Crippen molar-refractivity contribution < 1.29 is 53.8 Å². The maximum absolute atomic E-state index is 13.7. The van der Waals surface area contributed by atoms with Crippen LogP contribution in [0.1, 0.15) is 65.7 Å². The third-order valence-electron chi connectivity index (χ3n) is 7.12. The summed E-state index contributed by atoms with van der Waals surface area (Å²) < 4.78 is 132. The lowest BCUT2D eigenvalue weighted by molar-refractivity contribution is -0.143. The number of amides is 1. The molecule has 13 heteroatoms. The average Bonchev–Trinajstić information content (AvgIpc) is 2.92. The molecule has 0 aromatic heterocycles. The molecule has 1 saturated heterocycles. The first kappa shape index (κ1) is 32.0. The maximum atomic E-state index is 13.7. The Morgan fingerprint density at radius 3 is 1.93 bits per heavy atom. The van der Waals surface area contributed by atoms with Gasteiger partial charge in [0, 0.05) is 25.1 Å². The van der Waals surface area contributed by atoms with Crippen molar-refractivity contribution in [2.45, 2.75) is 57.4 Å². The zero-order valence-electron chi connectivity index (χ0n) is 23.0. The Balaban J connectivity index is 1.68. The molecule has 43 heavy (non-hydrogen) atoms. The van der Waals surface area contributed by atoms with Gasteiger partial charge in [0.2, 0.25) is 0 Å². The van der Waals surface area contributed by atoms with Crippen molar-refractivity contribution in [3.63, 3.8) is 0 Å². The smallest absolute Gasteiger partial charge is 0.416 e. The SMILES string of the molecule is COc1ccc(C(C)C)cc1-c1ccc(C(F)(F)F)cc1CN1CC[C@@H](c2cc(C(F)(F)F)cc(C(F)(F)F)c2)OC1=O. The predicted molar refractivity (Wildman–Crippen MR) is 138 cm³/mol. The van der Waals surface area contributed by atoms with Crippen molar-refractivity contribution in [3.05, 3.63) is 88.0 Å². The zero-order valence-corrected chi connectivity index (χ0v) is 23.0. The summed E-state index contributed by atoms with van der Waals surface area (Å²) in [5.74, 6) is 0.446. The number of hydrogen-bond donors (Lipinski definition) is 0. The average molecular weight is 620 g/mol. The summed E-state index contributed by atoms with van der Waals surface area (Å²) in [4.78, 5) is 14.0. The number of benzene rings is 3. The molecule has 0 aliphatic carbocycles. The molecule has 0 N–H and O–H groups in total. The van der Waals surface area contributed by atoms with Crippen molar-refractivity contribution in [3.8, 4) is 16.9 Å². The zero-order chi connectivity index (χ0) is 31.9. The third kappa shape index (κ3) is 7.19. The van der Waals surface area contributed by atoms with Crippen molar-refractivity contribution in [2.24, 2.45) is 0 Å². The van der Waals surface area contributed by atoms with Crippen LogP contribution in [0.15, 0.2) is 54.6 Å². The molecule has 0 saturated carbocycles. The summed E-state index contributed by atoms with van der Waals surface area (Å²) >= 11 is 0. The fourth-order valence-corrected chi connectivity index (χ4v) is 4.83.